The molecule has 1 N–H and O–H groups in total. The predicted molar refractivity (Wildman–Crippen MR) is 122 cm³/mol. The van der Waals surface area contributed by atoms with Gasteiger partial charge in [0.25, 0.3) is 5.91 Å². The quantitative estimate of drug-likeness (QED) is 0.468. The van der Waals surface area contributed by atoms with E-state index in [1.165, 1.54) is 6.33 Å². The Kier molecular flexibility index (Phi) is 4.74. The molecule has 0 saturated carbocycles. The summed E-state index contributed by atoms with van der Waals surface area (Å²) in [5.41, 5.74) is 5.09. The van der Waals surface area contributed by atoms with Crippen LogP contribution in [-0.2, 0) is 0 Å². The highest BCUT2D eigenvalue weighted by molar-refractivity contribution is 6.04. The molecule has 5 aromatic rings. The topological polar surface area (TPSA) is 90.5 Å². The van der Waals surface area contributed by atoms with E-state index in [9.17, 15) is 4.79 Å². The number of aryl methyl sites for hydroxylation is 3. The molecule has 0 unspecified atom stereocenters. The summed E-state index contributed by atoms with van der Waals surface area (Å²) < 4.78 is 3.37. The number of hydrogen-bond acceptors (Lipinski definition) is 5. The van der Waals surface area contributed by atoms with Gasteiger partial charge in [0.2, 0.25) is 0 Å². The van der Waals surface area contributed by atoms with Crippen LogP contribution in [0.3, 0.4) is 0 Å². The summed E-state index contributed by atoms with van der Waals surface area (Å²) in [5.74, 6) is 0.860. The molecular weight excluding hydrogens is 402 g/mol. The van der Waals surface area contributed by atoms with Gasteiger partial charge in [-0.1, -0.05) is 24.3 Å². The lowest BCUT2D eigenvalue weighted by molar-refractivity contribution is 0.102. The molecule has 0 bridgehead atoms. The second-order valence-electron chi connectivity index (χ2n) is 7.66. The molecule has 0 atom stereocenters. The fourth-order valence-corrected chi connectivity index (χ4v) is 3.58. The number of anilines is 1. The number of aromatic nitrogens is 6. The Labute approximate surface area is 184 Å². The van der Waals surface area contributed by atoms with E-state index in [2.05, 4.69) is 25.5 Å². The number of rotatable bonds is 4. The van der Waals surface area contributed by atoms with Crippen molar-refractivity contribution in [3.05, 3.63) is 89.5 Å². The van der Waals surface area contributed by atoms with E-state index >= 15 is 0 Å². The number of hydrogen-bond donors (Lipinski definition) is 1. The van der Waals surface area contributed by atoms with Crippen molar-refractivity contribution in [1.82, 2.24) is 29.5 Å². The molecule has 0 spiro atoms. The van der Waals surface area contributed by atoms with Gasteiger partial charge in [-0.25, -0.2) is 14.6 Å². The first kappa shape index (κ1) is 19.6. The molecule has 8 nitrogen and oxygen atoms in total. The second-order valence-corrected chi connectivity index (χ2v) is 7.66. The lowest BCUT2D eigenvalue weighted by Gasteiger charge is -2.10. The minimum absolute atomic E-state index is 0.209. The average molecular weight is 423 g/mol. The summed E-state index contributed by atoms with van der Waals surface area (Å²) in [5, 5.41) is 12.8. The molecule has 0 fully saturated rings. The molecule has 1 amide bonds. The number of para-hydroxylation sites is 1. The number of benzene rings is 2. The number of amides is 1. The molecule has 0 saturated heterocycles. The third-order valence-corrected chi connectivity index (χ3v) is 5.39. The molecule has 3 heterocycles. The average Bonchev–Trinajstić information content (AvgIpc) is 3.39. The number of carbonyl (C=O) groups is 1. The third kappa shape index (κ3) is 3.41. The van der Waals surface area contributed by atoms with Gasteiger partial charge in [-0.15, -0.1) is 0 Å². The highest BCUT2D eigenvalue weighted by atomic mass is 16.1. The number of fused-ring (bicyclic) bond motifs is 1. The predicted octanol–water partition coefficient (Wildman–Crippen LogP) is 4.18. The number of nitrogens with zero attached hydrogens (tertiary/aromatic N) is 6. The lowest BCUT2D eigenvalue weighted by atomic mass is 10.1. The fourth-order valence-electron chi connectivity index (χ4n) is 3.58. The smallest absolute Gasteiger partial charge is 0.256 e. The van der Waals surface area contributed by atoms with Crippen LogP contribution in [0, 0.1) is 20.8 Å². The van der Waals surface area contributed by atoms with Crippen molar-refractivity contribution < 1.29 is 4.79 Å². The molecule has 2 aromatic carbocycles. The molecule has 5 rings (SSSR count). The van der Waals surface area contributed by atoms with Gasteiger partial charge in [0.1, 0.15) is 12.1 Å². The van der Waals surface area contributed by atoms with Gasteiger partial charge in [-0.3, -0.25) is 4.79 Å². The Morgan fingerprint density at radius 3 is 2.50 bits per heavy atom. The summed E-state index contributed by atoms with van der Waals surface area (Å²) in [6.45, 7) is 5.88. The maximum Gasteiger partial charge on any atom is 0.256 e. The van der Waals surface area contributed by atoms with Gasteiger partial charge in [0.15, 0.2) is 11.5 Å². The second kappa shape index (κ2) is 7.73. The molecule has 8 heteroatoms. The molecule has 0 radical (unpaired) electrons. The highest BCUT2D eigenvalue weighted by Crippen LogP contribution is 2.24. The molecule has 0 aliphatic carbocycles. The molecular formula is C24H21N7O. The Balaban J connectivity index is 1.56. The van der Waals surface area contributed by atoms with Crippen molar-refractivity contribution in [2.75, 3.05) is 5.32 Å². The summed E-state index contributed by atoms with van der Waals surface area (Å²) in [6.07, 6.45) is 3.19. The minimum atomic E-state index is -0.209. The Hall–Kier alpha value is -4.33. The SMILES string of the molecule is Cc1cc(NC(=O)c2ccc(C)c(C)c2)n(-c2ncnc3c2cnn3-c2ccccc2)n1. The van der Waals surface area contributed by atoms with E-state index in [0.29, 0.717) is 22.8 Å². The Bertz CT molecular complexity index is 1450. The van der Waals surface area contributed by atoms with Gasteiger partial charge in [-0.2, -0.15) is 14.9 Å². The van der Waals surface area contributed by atoms with E-state index in [-0.39, 0.29) is 5.91 Å². The normalized spacial score (nSPS) is 11.1. The maximum atomic E-state index is 12.9. The van der Waals surface area contributed by atoms with Crippen molar-refractivity contribution in [1.29, 1.82) is 0 Å². The van der Waals surface area contributed by atoms with Crippen molar-refractivity contribution in [2.45, 2.75) is 20.8 Å². The van der Waals surface area contributed by atoms with Crippen molar-refractivity contribution in [3.8, 4) is 11.5 Å². The molecule has 0 aliphatic rings. The number of carbonyl (C=O) groups excluding carboxylic acids is 1. The summed E-state index contributed by atoms with van der Waals surface area (Å²) >= 11 is 0. The molecule has 0 aliphatic heterocycles. The van der Waals surface area contributed by atoms with E-state index in [1.807, 2.05) is 75.4 Å². The zero-order valence-corrected chi connectivity index (χ0v) is 17.9. The molecule has 3 aromatic heterocycles. The van der Waals surface area contributed by atoms with Crippen LogP contribution in [0.15, 0.2) is 67.1 Å². The first-order chi connectivity index (χ1) is 15.5. The molecule has 158 valence electrons. The van der Waals surface area contributed by atoms with Gasteiger partial charge in [0.05, 0.1) is 23.0 Å². The van der Waals surface area contributed by atoms with Crippen LogP contribution in [0.5, 0.6) is 0 Å². The van der Waals surface area contributed by atoms with Gasteiger partial charge in [-0.05, 0) is 56.2 Å². The van der Waals surface area contributed by atoms with Crippen LogP contribution >= 0.6 is 0 Å². The van der Waals surface area contributed by atoms with Crippen molar-refractivity contribution in [3.63, 3.8) is 0 Å². The van der Waals surface area contributed by atoms with Gasteiger partial charge < -0.3 is 5.32 Å². The van der Waals surface area contributed by atoms with Crippen LogP contribution in [0.4, 0.5) is 5.82 Å². The van der Waals surface area contributed by atoms with Crippen LogP contribution in [0.25, 0.3) is 22.5 Å². The highest BCUT2D eigenvalue weighted by Gasteiger charge is 2.18. The standard InChI is InChI=1S/C24H21N7O/c1-15-9-10-18(11-16(15)2)24(32)28-21-12-17(3)29-31(21)23-20-13-27-30(22(20)25-14-26-23)19-7-5-4-6-8-19/h4-14H,1-3H3,(H,28,32). The summed E-state index contributed by atoms with van der Waals surface area (Å²) in [6, 6.07) is 17.2. The van der Waals surface area contributed by atoms with Crippen LogP contribution in [0.2, 0.25) is 0 Å². The first-order valence-corrected chi connectivity index (χ1v) is 10.2. The van der Waals surface area contributed by atoms with E-state index in [1.54, 1.807) is 15.6 Å². The van der Waals surface area contributed by atoms with Crippen LogP contribution in [0.1, 0.15) is 27.2 Å². The monoisotopic (exact) mass is 423 g/mol. The Morgan fingerprint density at radius 2 is 1.72 bits per heavy atom. The van der Waals surface area contributed by atoms with E-state index in [4.69, 9.17) is 0 Å². The molecule has 32 heavy (non-hydrogen) atoms. The fraction of sp³-hybridized carbons (Fsp3) is 0.125. The Morgan fingerprint density at radius 1 is 0.906 bits per heavy atom. The third-order valence-electron chi connectivity index (χ3n) is 5.39. The van der Waals surface area contributed by atoms with Crippen molar-refractivity contribution in [2.24, 2.45) is 0 Å². The van der Waals surface area contributed by atoms with E-state index < -0.39 is 0 Å². The first-order valence-electron chi connectivity index (χ1n) is 10.2. The zero-order chi connectivity index (χ0) is 22.2. The minimum Gasteiger partial charge on any atom is -0.306 e. The van der Waals surface area contributed by atoms with Crippen LogP contribution < -0.4 is 5.32 Å². The lowest BCUT2D eigenvalue weighted by Crippen LogP contribution is -2.16. The maximum absolute atomic E-state index is 12.9. The van der Waals surface area contributed by atoms with Gasteiger partial charge >= 0.3 is 0 Å². The van der Waals surface area contributed by atoms with Crippen molar-refractivity contribution >= 4 is 22.8 Å². The summed E-state index contributed by atoms with van der Waals surface area (Å²) in [7, 11) is 0. The summed E-state index contributed by atoms with van der Waals surface area (Å²) in [4.78, 5) is 21.8. The van der Waals surface area contributed by atoms with E-state index in [0.717, 1.165) is 27.9 Å². The number of nitrogens with one attached hydrogen (secondary N) is 1. The van der Waals surface area contributed by atoms with Crippen LogP contribution in [-0.4, -0.2) is 35.4 Å². The largest absolute Gasteiger partial charge is 0.306 e. The van der Waals surface area contributed by atoms with Gasteiger partial charge in [0, 0.05) is 11.6 Å². The zero-order valence-electron chi connectivity index (χ0n) is 17.9.